The maximum Gasteiger partial charge on any atom is 0.279 e. The van der Waals surface area contributed by atoms with Crippen molar-refractivity contribution in [1.29, 1.82) is 0 Å². The Balaban J connectivity index is 1.83. The van der Waals surface area contributed by atoms with Gasteiger partial charge in [-0.3, -0.25) is 4.72 Å². The monoisotopic (exact) mass is 473 g/mol. The smallest absolute Gasteiger partial charge is 0.279 e. The van der Waals surface area contributed by atoms with Crippen molar-refractivity contribution >= 4 is 31.4 Å². The van der Waals surface area contributed by atoms with Crippen molar-refractivity contribution in [2.75, 3.05) is 11.0 Å². The molecular formula is C22H20FN3O4S2. The van der Waals surface area contributed by atoms with Crippen LogP contribution in [0.2, 0.25) is 0 Å². The van der Waals surface area contributed by atoms with Gasteiger partial charge in [0.1, 0.15) is 5.82 Å². The fourth-order valence-corrected chi connectivity index (χ4v) is 5.56. The minimum absolute atomic E-state index is 0.0691. The molecule has 10 heteroatoms. The molecule has 0 saturated heterocycles. The third-order valence-corrected chi connectivity index (χ3v) is 7.24. The van der Waals surface area contributed by atoms with E-state index in [-0.39, 0.29) is 11.3 Å². The average molecular weight is 474 g/mol. The summed E-state index contributed by atoms with van der Waals surface area (Å²) in [7, 11) is -7.58. The predicted octanol–water partition coefficient (Wildman–Crippen LogP) is 3.74. The van der Waals surface area contributed by atoms with Crippen molar-refractivity contribution in [2.45, 2.75) is 17.4 Å². The summed E-state index contributed by atoms with van der Waals surface area (Å²) >= 11 is 0. The average Bonchev–Trinajstić information content (AvgIpc) is 3.20. The van der Waals surface area contributed by atoms with E-state index in [2.05, 4.69) is 9.82 Å². The van der Waals surface area contributed by atoms with Gasteiger partial charge in [0, 0.05) is 12.0 Å². The number of hydrogen-bond donors (Lipinski definition) is 1. The van der Waals surface area contributed by atoms with E-state index < -0.39 is 31.9 Å². The topological polar surface area (TPSA) is 95.9 Å². The summed E-state index contributed by atoms with van der Waals surface area (Å²) in [5, 5.41) is 4.41. The lowest BCUT2D eigenvalue weighted by Crippen LogP contribution is -2.27. The van der Waals surface area contributed by atoms with Crippen LogP contribution in [0.15, 0.2) is 88.9 Å². The molecule has 3 aromatic rings. The summed E-state index contributed by atoms with van der Waals surface area (Å²) in [6, 6.07) is 19.4. The van der Waals surface area contributed by atoms with Crippen molar-refractivity contribution in [1.82, 2.24) is 4.41 Å². The molecule has 0 spiro atoms. The molecule has 0 fully saturated rings. The molecule has 3 aromatic carbocycles. The fourth-order valence-electron chi connectivity index (χ4n) is 3.53. The van der Waals surface area contributed by atoms with Crippen molar-refractivity contribution in [2.24, 2.45) is 5.10 Å². The minimum atomic E-state index is -4.02. The van der Waals surface area contributed by atoms with Crippen LogP contribution >= 0.6 is 0 Å². The molecular weight excluding hydrogens is 453 g/mol. The van der Waals surface area contributed by atoms with Gasteiger partial charge in [-0.2, -0.15) is 17.9 Å². The second kappa shape index (κ2) is 8.36. The Morgan fingerprint density at radius 1 is 0.906 bits per heavy atom. The van der Waals surface area contributed by atoms with Gasteiger partial charge >= 0.3 is 0 Å². The molecule has 0 aromatic heterocycles. The van der Waals surface area contributed by atoms with Crippen LogP contribution in [-0.4, -0.2) is 33.2 Å². The predicted molar refractivity (Wildman–Crippen MR) is 121 cm³/mol. The number of sulfonamides is 2. The van der Waals surface area contributed by atoms with Gasteiger partial charge < -0.3 is 0 Å². The maximum absolute atomic E-state index is 13.5. The van der Waals surface area contributed by atoms with E-state index in [1.165, 1.54) is 36.4 Å². The molecule has 4 rings (SSSR count). The Hall–Kier alpha value is -3.24. The Kier molecular flexibility index (Phi) is 5.74. The molecule has 166 valence electrons. The second-order valence-corrected chi connectivity index (χ2v) is 10.9. The standard InChI is InChI=1S/C22H20FN3O4S2/c1-31(27,28)25-20-10-6-5-9-19(20)21-15-22(16-11-13-17(23)14-12-16)26(24-21)32(29,30)18-7-3-2-4-8-18/h2-14,22,25H,15H2,1H3/t22-/m1/s1. The van der Waals surface area contributed by atoms with Gasteiger partial charge in [0.2, 0.25) is 10.0 Å². The fraction of sp³-hybridized carbons (Fsp3) is 0.136. The quantitative estimate of drug-likeness (QED) is 0.590. The number of nitrogens with zero attached hydrogens (tertiary/aromatic N) is 2. The van der Waals surface area contributed by atoms with Gasteiger partial charge in [-0.1, -0.05) is 48.5 Å². The van der Waals surface area contributed by atoms with E-state index in [0.717, 1.165) is 10.7 Å². The summed E-state index contributed by atoms with van der Waals surface area (Å²) in [6.07, 6.45) is 1.22. The van der Waals surface area contributed by atoms with Gasteiger partial charge in [-0.05, 0) is 35.9 Å². The summed E-state index contributed by atoms with van der Waals surface area (Å²) in [4.78, 5) is 0.0691. The van der Waals surface area contributed by atoms with E-state index in [9.17, 15) is 21.2 Å². The van der Waals surface area contributed by atoms with Crippen LogP contribution in [0.3, 0.4) is 0 Å². The third kappa shape index (κ3) is 4.51. The van der Waals surface area contributed by atoms with Gasteiger partial charge in [0.05, 0.1) is 28.6 Å². The number of hydrogen-bond acceptors (Lipinski definition) is 5. The molecule has 1 aliphatic heterocycles. The Morgan fingerprint density at radius 3 is 2.19 bits per heavy atom. The third-order valence-electron chi connectivity index (χ3n) is 4.95. The minimum Gasteiger partial charge on any atom is -0.283 e. The zero-order chi connectivity index (χ0) is 22.9. The molecule has 0 radical (unpaired) electrons. The second-order valence-electron chi connectivity index (χ2n) is 7.33. The van der Waals surface area contributed by atoms with Gasteiger partial charge in [0.15, 0.2) is 0 Å². The van der Waals surface area contributed by atoms with Crippen LogP contribution in [0.25, 0.3) is 0 Å². The van der Waals surface area contributed by atoms with Crippen molar-refractivity contribution in [3.05, 3.63) is 95.8 Å². The zero-order valence-corrected chi connectivity index (χ0v) is 18.6. The van der Waals surface area contributed by atoms with Crippen LogP contribution in [-0.2, 0) is 20.0 Å². The largest absolute Gasteiger partial charge is 0.283 e. The van der Waals surface area contributed by atoms with Gasteiger partial charge in [-0.25, -0.2) is 12.8 Å². The van der Waals surface area contributed by atoms with Crippen molar-refractivity contribution in [3.63, 3.8) is 0 Å². The number of rotatable bonds is 6. The molecule has 0 aliphatic carbocycles. The molecule has 1 atom stereocenters. The highest BCUT2D eigenvalue weighted by Gasteiger charge is 2.38. The molecule has 0 saturated carbocycles. The summed E-state index contributed by atoms with van der Waals surface area (Å²) in [6.45, 7) is 0. The van der Waals surface area contributed by atoms with Crippen molar-refractivity contribution < 1.29 is 21.2 Å². The molecule has 0 amide bonds. The SMILES string of the molecule is CS(=O)(=O)Nc1ccccc1C1=NN(S(=O)(=O)c2ccccc2)[C@@H](c2ccc(F)cc2)C1. The first-order valence-electron chi connectivity index (χ1n) is 9.65. The van der Waals surface area contributed by atoms with E-state index >= 15 is 0 Å². The normalized spacial score (nSPS) is 16.6. The molecule has 1 aliphatic rings. The number of anilines is 1. The van der Waals surface area contributed by atoms with Gasteiger partial charge in [-0.15, -0.1) is 0 Å². The van der Waals surface area contributed by atoms with Crippen molar-refractivity contribution in [3.8, 4) is 0 Å². The lowest BCUT2D eigenvalue weighted by atomic mass is 9.98. The summed E-state index contributed by atoms with van der Waals surface area (Å²) in [5.41, 5.74) is 1.73. The van der Waals surface area contributed by atoms with Gasteiger partial charge in [0.25, 0.3) is 10.0 Å². The highest BCUT2D eigenvalue weighted by atomic mass is 32.2. The number of para-hydroxylation sites is 1. The lowest BCUT2D eigenvalue weighted by Gasteiger charge is -2.23. The van der Waals surface area contributed by atoms with E-state index in [1.54, 1.807) is 42.5 Å². The van der Waals surface area contributed by atoms with E-state index in [4.69, 9.17) is 0 Å². The molecule has 1 heterocycles. The number of benzene rings is 3. The first-order chi connectivity index (χ1) is 15.1. The van der Waals surface area contributed by atoms with Crippen LogP contribution in [0.1, 0.15) is 23.6 Å². The summed E-state index contributed by atoms with van der Waals surface area (Å²) < 4.78 is 67.4. The molecule has 0 unspecified atom stereocenters. The highest BCUT2D eigenvalue weighted by Crippen LogP contribution is 2.38. The zero-order valence-electron chi connectivity index (χ0n) is 17.0. The Morgan fingerprint density at radius 2 is 1.53 bits per heavy atom. The number of hydrazone groups is 1. The van der Waals surface area contributed by atoms with Crippen LogP contribution in [0.5, 0.6) is 0 Å². The lowest BCUT2D eigenvalue weighted by molar-refractivity contribution is 0.371. The first-order valence-corrected chi connectivity index (χ1v) is 13.0. The van der Waals surface area contributed by atoms with E-state index in [0.29, 0.717) is 22.5 Å². The molecule has 1 N–H and O–H groups in total. The Labute approximate surface area is 186 Å². The van der Waals surface area contributed by atoms with Crippen LogP contribution in [0.4, 0.5) is 10.1 Å². The maximum atomic E-state index is 13.5. The van der Waals surface area contributed by atoms with Crippen LogP contribution in [0, 0.1) is 5.82 Å². The van der Waals surface area contributed by atoms with E-state index in [1.807, 2.05) is 0 Å². The first kappa shape index (κ1) is 22.0. The molecule has 7 nitrogen and oxygen atoms in total. The Bertz CT molecular complexity index is 1370. The molecule has 32 heavy (non-hydrogen) atoms. The van der Waals surface area contributed by atoms with Crippen LogP contribution < -0.4 is 4.72 Å². The molecule has 0 bridgehead atoms. The highest BCUT2D eigenvalue weighted by molar-refractivity contribution is 7.92. The number of nitrogens with one attached hydrogen (secondary N) is 1. The summed E-state index contributed by atoms with van der Waals surface area (Å²) in [5.74, 6) is -0.437. The number of halogens is 1.